The number of carbonyl (C=O) groups is 1. The molecule has 2 atom stereocenters. The first kappa shape index (κ1) is 30.1. The van der Waals surface area contributed by atoms with Crippen LogP contribution >= 0.6 is 0 Å². The van der Waals surface area contributed by atoms with Gasteiger partial charge in [-0.15, -0.1) is 0 Å². The first-order chi connectivity index (χ1) is 17.5. The lowest BCUT2D eigenvalue weighted by Crippen LogP contribution is -2.56. The molecule has 0 aromatic heterocycles. The molecule has 0 saturated carbocycles. The number of hydrogen-bond donors (Lipinski definition) is 4. The van der Waals surface area contributed by atoms with E-state index in [1.807, 2.05) is 61.6 Å². The topological polar surface area (TPSA) is 133 Å². The van der Waals surface area contributed by atoms with E-state index in [1.165, 1.54) is 0 Å². The summed E-state index contributed by atoms with van der Waals surface area (Å²) in [5.74, 6) is -0.372. The lowest BCUT2D eigenvalue weighted by atomic mass is 10.0. The lowest BCUT2D eigenvalue weighted by molar-refractivity contribution is -0.125. The Morgan fingerprint density at radius 1 is 1.19 bits per heavy atom. The lowest BCUT2D eigenvalue weighted by Gasteiger charge is -2.25. The van der Waals surface area contributed by atoms with Crippen molar-refractivity contribution in [3.63, 3.8) is 0 Å². The molecule has 0 aliphatic heterocycles. The number of amides is 1. The zero-order valence-electron chi connectivity index (χ0n) is 22.4. The van der Waals surface area contributed by atoms with Gasteiger partial charge in [0.1, 0.15) is 11.0 Å². The van der Waals surface area contributed by atoms with Gasteiger partial charge in [0.25, 0.3) is 0 Å². The van der Waals surface area contributed by atoms with Crippen LogP contribution in [0, 0.1) is 5.41 Å². The van der Waals surface area contributed by atoms with Crippen LogP contribution in [0.5, 0.6) is 0 Å². The molecule has 2 rings (SSSR count). The van der Waals surface area contributed by atoms with Crippen molar-refractivity contribution in [3.8, 4) is 0 Å². The Hall–Kier alpha value is -3.08. The minimum atomic E-state index is -1.10. The van der Waals surface area contributed by atoms with E-state index in [2.05, 4.69) is 15.8 Å². The number of nitrogens with one attached hydrogen (secondary N) is 3. The average molecular weight is 529 g/mol. The van der Waals surface area contributed by atoms with E-state index in [0.29, 0.717) is 18.9 Å². The van der Waals surface area contributed by atoms with Gasteiger partial charge < -0.3 is 26.6 Å². The van der Waals surface area contributed by atoms with Crippen molar-refractivity contribution in [3.05, 3.63) is 65.7 Å². The molecule has 0 aliphatic rings. The van der Waals surface area contributed by atoms with E-state index < -0.39 is 22.6 Å². The van der Waals surface area contributed by atoms with E-state index >= 15 is 0 Å². The Morgan fingerprint density at radius 3 is 2.49 bits per heavy atom. The number of rotatable bonds is 15. The zero-order valence-corrected chi connectivity index (χ0v) is 23.2. The molecule has 1 unspecified atom stereocenters. The highest BCUT2D eigenvalue weighted by molar-refractivity contribution is 7.85. The van der Waals surface area contributed by atoms with E-state index in [0.717, 1.165) is 29.7 Å². The number of aryl methyl sites for hydroxylation is 1. The maximum atomic E-state index is 12.5. The fraction of sp³-hybridized carbons (Fsp3) is 0.444. The van der Waals surface area contributed by atoms with Crippen LogP contribution in [-0.2, 0) is 33.5 Å². The fourth-order valence-electron chi connectivity index (χ4n) is 3.42. The third-order valence-corrected chi connectivity index (χ3v) is 6.69. The van der Waals surface area contributed by atoms with Crippen LogP contribution in [0.4, 0.5) is 5.69 Å². The van der Waals surface area contributed by atoms with E-state index in [4.69, 9.17) is 15.9 Å². The van der Waals surface area contributed by atoms with Crippen LogP contribution in [-0.4, -0.2) is 59.6 Å². The van der Waals surface area contributed by atoms with Gasteiger partial charge in [-0.3, -0.25) is 9.10 Å². The van der Waals surface area contributed by atoms with Crippen LogP contribution in [0.25, 0.3) is 0 Å². The summed E-state index contributed by atoms with van der Waals surface area (Å²) in [6.45, 7) is 6.03. The molecular formula is C27H40N6O3S. The third-order valence-electron chi connectivity index (χ3n) is 5.72. The largest absolute Gasteiger partial charge is 0.374 e. The second kappa shape index (κ2) is 14.6. The number of nitrogens with two attached hydrogens (primary N) is 1. The van der Waals surface area contributed by atoms with E-state index in [1.54, 1.807) is 31.3 Å². The number of nitrogens with zero attached hydrogens (tertiary/aromatic N) is 2. The second-order valence-corrected chi connectivity index (χ2v) is 10.8. The quantitative estimate of drug-likeness (QED) is 0.160. The van der Waals surface area contributed by atoms with Crippen molar-refractivity contribution < 1.29 is 13.7 Å². The highest BCUT2D eigenvalue weighted by Gasteiger charge is 2.27. The van der Waals surface area contributed by atoms with Gasteiger partial charge in [-0.25, -0.2) is 4.21 Å². The van der Waals surface area contributed by atoms with Gasteiger partial charge in [0, 0.05) is 19.8 Å². The van der Waals surface area contributed by atoms with Gasteiger partial charge in [-0.05, 0) is 50.8 Å². The van der Waals surface area contributed by atoms with Gasteiger partial charge in [-0.2, -0.15) is 5.10 Å². The molecule has 1 amide bonds. The standard InChI is InChI=1S/C27H40N6O3S/c1-20(32-30-17-11-15-22-14-9-10-16-24(22)33(4)37(5)35)25(28)23(31-26(34)27(2,3)29)19-36-18-21-12-7-6-8-13-21/h6-10,12-14,16,23,28,30H,11,15,17-19,29H2,1-5H3,(H,31,34)/b28-25?,32-20-/t23-,37?/m1/s1. The highest BCUT2D eigenvalue weighted by Crippen LogP contribution is 2.21. The molecule has 37 heavy (non-hydrogen) atoms. The number of hydrazone groups is 1. The van der Waals surface area contributed by atoms with E-state index in [9.17, 15) is 9.00 Å². The average Bonchev–Trinajstić information content (AvgIpc) is 2.87. The van der Waals surface area contributed by atoms with Crippen molar-refractivity contribution in [2.24, 2.45) is 10.8 Å². The molecule has 5 N–H and O–H groups in total. The number of benzene rings is 2. The maximum Gasteiger partial charge on any atom is 0.240 e. The summed E-state index contributed by atoms with van der Waals surface area (Å²) in [5.41, 5.74) is 11.5. The molecular weight excluding hydrogens is 488 g/mol. The van der Waals surface area contributed by atoms with Gasteiger partial charge in [-0.1, -0.05) is 48.5 Å². The summed E-state index contributed by atoms with van der Waals surface area (Å²) in [5, 5.41) is 15.8. The molecule has 202 valence electrons. The molecule has 0 fully saturated rings. The van der Waals surface area contributed by atoms with Crippen molar-refractivity contribution in [2.45, 2.75) is 51.8 Å². The monoisotopic (exact) mass is 528 g/mol. The van der Waals surface area contributed by atoms with Crippen LogP contribution in [0.2, 0.25) is 0 Å². The van der Waals surface area contributed by atoms with Crippen LogP contribution in [0.1, 0.15) is 38.3 Å². The normalized spacial score (nSPS) is 13.5. The second-order valence-electron chi connectivity index (χ2n) is 9.42. The predicted molar refractivity (Wildman–Crippen MR) is 152 cm³/mol. The smallest absolute Gasteiger partial charge is 0.240 e. The minimum Gasteiger partial charge on any atom is -0.374 e. The summed E-state index contributed by atoms with van der Waals surface area (Å²) >= 11 is 0. The minimum absolute atomic E-state index is 0.117. The Kier molecular flexibility index (Phi) is 11.9. The summed E-state index contributed by atoms with van der Waals surface area (Å²) in [4.78, 5) is 12.5. The number of hydrogen-bond acceptors (Lipinski definition) is 7. The molecule has 0 bridgehead atoms. The molecule has 0 saturated heterocycles. The van der Waals surface area contributed by atoms with Crippen molar-refractivity contribution in [1.82, 2.24) is 10.7 Å². The van der Waals surface area contributed by atoms with Crippen LogP contribution in [0.3, 0.4) is 0 Å². The molecule has 0 heterocycles. The summed E-state index contributed by atoms with van der Waals surface area (Å²) in [7, 11) is 0.720. The molecule has 10 heteroatoms. The van der Waals surface area contributed by atoms with Gasteiger partial charge in [0.2, 0.25) is 5.91 Å². The Labute approximate surface area is 222 Å². The molecule has 2 aromatic carbocycles. The molecule has 0 spiro atoms. The predicted octanol–water partition coefficient (Wildman–Crippen LogP) is 2.77. The van der Waals surface area contributed by atoms with Gasteiger partial charge >= 0.3 is 0 Å². The zero-order chi connectivity index (χ0) is 27.4. The molecule has 0 radical (unpaired) electrons. The van der Waals surface area contributed by atoms with Crippen molar-refractivity contribution in [1.29, 1.82) is 5.41 Å². The first-order valence-corrected chi connectivity index (χ1v) is 13.7. The SMILES string of the molecule is C/C(=N/NCCCc1ccccc1N(C)S(C)=O)C(=N)[C@@H](COCc1ccccc1)NC(=O)C(C)(C)N. The molecule has 9 nitrogen and oxygen atoms in total. The third kappa shape index (κ3) is 10.1. The van der Waals surface area contributed by atoms with Crippen LogP contribution < -0.4 is 20.8 Å². The maximum absolute atomic E-state index is 12.5. The summed E-state index contributed by atoms with van der Waals surface area (Å²) < 4.78 is 19.4. The summed E-state index contributed by atoms with van der Waals surface area (Å²) in [6, 6.07) is 16.9. The van der Waals surface area contributed by atoms with Crippen molar-refractivity contribution in [2.75, 3.05) is 30.8 Å². The van der Waals surface area contributed by atoms with Crippen molar-refractivity contribution >= 4 is 34.0 Å². The number of anilines is 1. The molecule has 0 aliphatic carbocycles. The molecule has 2 aromatic rings. The Morgan fingerprint density at radius 2 is 1.84 bits per heavy atom. The van der Waals surface area contributed by atoms with Gasteiger partial charge in [0.15, 0.2) is 0 Å². The summed E-state index contributed by atoms with van der Waals surface area (Å²) in [6.07, 6.45) is 3.24. The fourth-order valence-corrected chi connectivity index (χ4v) is 3.88. The number of carbonyl (C=O) groups excluding carboxylic acids is 1. The first-order valence-electron chi connectivity index (χ1n) is 12.2. The number of para-hydroxylation sites is 1. The Bertz CT molecular complexity index is 1090. The number of ether oxygens (including phenoxy) is 1. The Balaban J connectivity index is 1.94. The van der Waals surface area contributed by atoms with Gasteiger partial charge in [0.05, 0.1) is 41.9 Å². The van der Waals surface area contributed by atoms with E-state index in [-0.39, 0.29) is 18.2 Å². The van der Waals surface area contributed by atoms with Crippen LogP contribution in [0.15, 0.2) is 59.7 Å². The highest BCUT2D eigenvalue weighted by atomic mass is 32.2.